The molecule has 1 aromatic carbocycles. The van der Waals surface area contributed by atoms with Crippen molar-refractivity contribution in [2.24, 2.45) is 0 Å². The summed E-state index contributed by atoms with van der Waals surface area (Å²) in [7, 11) is 1.60. The molecule has 0 amide bonds. The smallest absolute Gasteiger partial charge is 0.339 e. The number of hydrogen-bond donors (Lipinski definition) is 0. The number of hydrogen-bond acceptors (Lipinski definition) is 5. The molecule has 0 radical (unpaired) electrons. The lowest BCUT2D eigenvalue weighted by Crippen LogP contribution is -2.06. The van der Waals surface area contributed by atoms with E-state index in [9.17, 15) is 4.79 Å². The van der Waals surface area contributed by atoms with Crippen molar-refractivity contribution >= 4 is 5.97 Å². The molecule has 0 unspecified atom stereocenters. The second kappa shape index (κ2) is 5.95. The van der Waals surface area contributed by atoms with Gasteiger partial charge in [0.1, 0.15) is 5.75 Å². The van der Waals surface area contributed by atoms with E-state index in [2.05, 4.69) is 10.2 Å². The first-order chi connectivity index (χ1) is 9.24. The molecular weight excluding hydrogens is 244 g/mol. The van der Waals surface area contributed by atoms with Gasteiger partial charge in [-0.2, -0.15) is 10.2 Å². The maximum Gasteiger partial charge on any atom is 0.339 e. The van der Waals surface area contributed by atoms with E-state index in [-0.39, 0.29) is 0 Å². The zero-order chi connectivity index (χ0) is 13.7. The van der Waals surface area contributed by atoms with Crippen LogP contribution in [0, 0.1) is 0 Å². The van der Waals surface area contributed by atoms with Gasteiger partial charge in [-0.3, -0.25) is 0 Å². The molecule has 19 heavy (non-hydrogen) atoms. The minimum atomic E-state index is -0.401. The van der Waals surface area contributed by atoms with Gasteiger partial charge in [0.15, 0.2) is 0 Å². The van der Waals surface area contributed by atoms with E-state index in [1.807, 2.05) is 24.3 Å². The van der Waals surface area contributed by atoms with E-state index >= 15 is 0 Å². The first-order valence-corrected chi connectivity index (χ1v) is 5.89. The van der Waals surface area contributed by atoms with E-state index in [1.54, 1.807) is 20.1 Å². The molecule has 0 saturated heterocycles. The molecule has 0 aliphatic carbocycles. The van der Waals surface area contributed by atoms with E-state index in [0.717, 1.165) is 11.3 Å². The Morgan fingerprint density at radius 3 is 2.89 bits per heavy atom. The molecule has 1 heterocycles. The van der Waals surface area contributed by atoms with Gasteiger partial charge < -0.3 is 9.47 Å². The average Bonchev–Trinajstić information content (AvgIpc) is 2.48. The second-order valence-corrected chi connectivity index (χ2v) is 3.78. The number of esters is 1. The predicted molar refractivity (Wildman–Crippen MR) is 70.0 cm³/mol. The number of carbonyl (C=O) groups is 1. The SMILES string of the molecule is CCOC(=O)c1cnnc(-c2cccc(OC)c2)c1. The van der Waals surface area contributed by atoms with Crippen LogP contribution < -0.4 is 4.74 Å². The zero-order valence-electron chi connectivity index (χ0n) is 10.8. The second-order valence-electron chi connectivity index (χ2n) is 3.78. The molecule has 1 aromatic heterocycles. The minimum absolute atomic E-state index is 0.329. The molecule has 0 aliphatic heterocycles. The van der Waals surface area contributed by atoms with Crippen LogP contribution in [0.1, 0.15) is 17.3 Å². The Balaban J connectivity index is 2.34. The van der Waals surface area contributed by atoms with Gasteiger partial charge in [0.25, 0.3) is 0 Å². The summed E-state index contributed by atoms with van der Waals surface area (Å²) in [6, 6.07) is 9.05. The summed E-state index contributed by atoms with van der Waals surface area (Å²) in [6.07, 6.45) is 1.39. The fourth-order valence-electron chi connectivity index (χ4n) is 1.62. The first-order valence-electron chi connectivity index (χ1n) is 5.89. The lowest BCUT2D eigenvalue weighted by atomic mass is 10.1. The summed E-state index contributed by atoms with van der Waals surface area (Å²) < 4.78 is 10.1. The van der Waals surface area contributed by atoms with Crippen molar-refractivity contribution in [2.45, 2.75) is 6.92 Å². The van der Waals surface area contributed by atoms with Gasteiger partial charge in [-0.15, -0.1) is 0 Å². The van der Waals surface area contributed by atoms with Crippen LogP contribution in [0.3, 0.4) is 0 Å². The molecular formula is C14H14N2O3. The quantitative estimate of drug-likeness (QED) is 0.788. The molecule has 0 atom stereocenters. The number of benzene rings is 1. The van der Waals surface area contributed by atoms with Gasteiger partial charge in [0.2, 0.25) is 0 Å². The summed E-state index contributed by atoms with van der Waals surface area (Å²) in [6.45, 7) is 2.09. The molecule has 0 bridgehead atoms. The average molecular weight is 258 g/mol. The predicted octanol–water partition coefficient (Wildman–Crippen LogP) is 2.33. The standard InChI is InChI=1S/C14H14N2O3/c1-3-19-14(17)11-8-13(16-15-9-11)10-5-4-6-12(7-10)18-2/h4-9H,3H2,1-2H3. The highest BCUT2D eigenvalue weighted by molar-refractivity contribution is 5.90. The lowest BCUT2D eigenvalue weighted by Gasteiger charge is -2.05. The molecule has 98 valence electrons. The van der Waals surface area contributed by atoms with Gasteiger partial charge in [-0.05, 0) is 25.1 Å². The highest BCUT2D eigenvalue weighted by Crippen LogP contribution is 2.22. The number of carbonyl (C=O) groups excluding carboxylic acids is 1. The van der Waals surface area contributed by atoms with Gasteiger partial charge in [0, 0.05) is 5.56 Å². The van der Waals surface area contributed by atoms with Crippen LogP contribution in [0.4, 0.5) is 0 Å². The third kappa shape index (κ3) is 3.07. The molecule has 2 rings (SSSR count). The molecule has 0 fully saturated rings. The number of rotatable bonds is 4. The van der Waals surface area contributed by atoms with Gasteiger partial charge in [0.05, 0.1) is 31.2 Å². The van der Waals surface area contributed by atoms with Crippen molar-refractivity contribution in [2.75, 3.05) is 13.7 Å². The maximum atomic E-state index is 11.6. The Hall–Kier alpha value is -2.43. The number of aromatic nitrogens is 2. The van der Waals surface area contributed by atoms with Gasteiger partial charge >= 0.3 is 5.97 Å². The Morgan fingerprint density at radius 2 is 2.16 bits per heavy atom. The van der Waals surface area contributed by atoms with Crippen LogP contribution >= 0.6 is 0 Å². The first kappa shape index (κ1) is 13.0. The lowest BCUT2D eigenvalue weighted by molar-refractivity contribution is 0.0525. The molecule has 0 spiro atoms. The minimum Gasteiger partial charge on any atom is -0.497 e. The van der Waals surface area contributed by atoms with E-state index in [1.165, 1.54) is 6.20 Å². The molecule has 5 heteroatoms. The third-order valence-electron chi connectivity index (χ3n) is 2.53. The van der Waals surface area contributed by atoms with Crippen LogP contribution in [0.5, 0.6) is 5.75 Å². The zero-order valence-corrected chi connectivity index (χ0v) is 10.8. The number of methoxy groups -OCH3 is 1. The fraction of sp³-hybridized carbons (Fsp3) is 0.214. The van der Waals surface area contributed by atoms with Crippen molar-refractivity contribution in [1.29, 1.82) is 0 Å². The van der Waals surface area contributed by atoms with Crippen molar-refractivity contribution in [1.82, 2.24) is 10.2 Å². The summed E-state index contributed by atoms with van der Waals surface area (Å²) in [4.78, 5) is 11.6. The Bertz CT molecular complexity index is 584. The van der Waals surface area contributed by atoms with Crippen molar-refractivity contribution in [3.05, 3.63) is 42.1 Å². The largest absolute Gasteiger partial charge is 0.497 e. The van der Waals surface area contributed by atoms with E-state index in [4.69, 9.17) is 9.47 Å². The number of nitrogens with zero attached hydrogens (tertiary/aromatic N) is 2. The Morgan fingerprint density at radius 1 is 1.32 bits per heavy atom. The van der Waals surface area contributed by atoms with Crippen LogP contribution in [0.15, 0.2) is 36.5 Å². The van der Waals surface area contributed by atoms with Crippen LogP contribution in [-0.2, 0) is 4.74 Å². The van der Waals surface area contributed by atoms with E-state index < -0.39 is 5.97 Å². The summed E-state index contributed by atoms with van der Waals surface area (Å²) in [5.41, 5.74) is 1.82. The van der Waals surface area contributed by atoms with Crippen LogP contribution in [0.2, 0.25) is 0 Å². The van der Waals surface area contributed by atoms with Gasteiger partial charge in [-0.25, -0.2) is 4.79 Å². The Labute approximate surface area is 111 Å². The normalized spacial score (nSPS) is 10.0. The molecule has 5 nitrogen and oxygen atoms in total. The summed E-state index contributed by atoms with van der Waals surface area (Å²) in [5.74, 6) is 0.322. The number of ether oxygens (including phenoxy) is 2. The van der Waals surface area contributed by atoms with Crippen molar-refractivity contribution < 1.29 is 14.3 Å². The van der Waals surface area contributed by atoms with Crippen molar-refractivity contribution in [3.8, 4) is 17.0 Å². The van der Waals surface area contributed by atoms with Crippen LogP contribution in [-0.4, -0.2) is 29.9 Å². The van der Waals surface area contributed by atoms with E-state index in [0.29, 0.717) is 17.9 Å². The molecule has 0 aliphatic rings. The van der Waals surface area contributed by atoms with Gasteiger partial charge in [-0.1, -0.05) is 12.1 Å². The molecule has 0 saturated carbocycles. The monoisotopic (exact) mass is 258 g/mol. The van der Waals surface area contributed by atoms with Crippen molar-refractivity contribution in [3.63, 3.8) is 0 Å². The van der Waals surface area contributed by atoms with Crippen LogP contribution in [0.25, 0.3) is 11.3 Å². The Kier molecular flexibility index (Phi) is 4.07. The topological polar surface area (TPSA) is 61.3 Å². The summed E-state index contributed by atoms with van der Waals surface area (Å²) in [5, 5.41) is 7.84. The fourth-order valence-corrected chi connectivity index (χ4v) is 1.62. The maximum absolute atomic E-state index is 11.6. The summed E-state index contributed by atoms with van der Waals surface area (Å²) >= 11 is 0. The highest BCUT2D eigenvalue weighted by atomic mass is 16.5. The third-order valence-corrected chi connectivity index (χ3v) is 2.53. The molecule has 0 N–H and O–H groups in total. The molecule has 2 aromatic rings. The highest BCUT2D eigenvalue weighted by Gasteiger charge is 2.10.